The molecule has 65 heavy (non-hydrogen) atoms. The Morgan fingerprint density at radius 2 is 0.615 bits per heavy atom. The van der Waals surface area contributed by atoms with Crippen LogP contribution in [0.25, 0.3) is 0 Å². The highest BCUT2D eigenvalue weighted by Gasteiger charge is 2.19. The van der Waals surface area contributed by atoms with Crippen molar-refractivity contribution in [2.45, 2.75) is 245 Å². The quantitative estimate of drug-likeness (QED) is 0.0262. The molecule has 0 aliphatic carbocycles. The van der Waals surface area contributed by atoms with Crippen molar-refractivity contribution in [2.75, 3.05) is 13.2 Å². The van der Waals surface area contributed by atoms with Gasteiger partial charge in [0.1, 0.15) is 13.2 Å². The van der Waals surface area contributed by atoms with Crippen molar-refractivity contribution in [1.82, 2.24) is 0 Å². The largest absolute Gasteiger partial charge is 0.462 e. The lowest BCUT2D eigenvalue weighted by Crippen LogP contribution is -2.30. The molecule has 0 aliphatic rings. The van der Waals surface area contributed by atoms with E-state index in [-0.39, 0.29) is 37.5 Å². The van der Waals surface area contributed by atoms with Gasteiger partial charge in [0.25, 0.3) is 0 Å². The zero-order valence-corrected chi connectivity index (χ0v) is 42.2. The molecule has 370 valence electrons. The molecule has 0 heterocycles. The molecule has 0 saturated carbocycles. The van der Waals surface area contributed by atoms with E-state index in [4.69, 9.17) is 14.2 Å². The molecule has 6 nitrogen and oxygen atoms in total. The van der Waals surface area contributed by atoms with E-state index in [2.05, 4.69) is 118 Å². The van der Waals surface area contributed by atoms with Gasteiger partial charge in [-0.2, -0.15) is 0 Å². The monoisotopic (exact) mass is 903 g/mol. The summed E-state index contributed by atoms with van der Waals surface area (Å²) < 4.78 is 16.7. The molecule has 0 aromatic rings. The standard InChI is InChI=1S/C59H98O6/c1-4-7-10-13-16-19-22-25-27-29-31-34-37-40-43-46-49-52-58(61)64-55-56(54-63-57(60)51-48-45-42-39-36-33-24-21-18-15-12-9-6-3)65-59(62)53-50-47-44-41-38-35-32-30-28-26-23-20-17-14-11-8-5-2/h7,10,16-17,19-20,25-28,31,33-34,36,40,43,56H,4-6,8-9,11-15,18,21-24,29-30,32,35,37-39,41-42,44-55H2,1-3H3/b10-7-,19-16-,20-17-,27-25-,28-26-,34-31-,36-33-,43-40-. The predicted octanol–water partition coefficient (Wildman–Crippen LogP) is 17.8. The number of hydrogen-bond donors (Lipinski definition) is 0. The van der Waals surface area contributed by atoms with Gasteiger partial charge in [0.15, 0.2) is 6.10 Å². The van der Waals surface area contributed by atoms with Crippen LogP contribution >= 0.6 is 0 Å². The fourth-order valence-corrected chi connectivity index (χ4v) is 7.03. The normalized spacial score (nSPS) is 12.8. The second-order valence-electron chi connectivity index (χ2n) is 17.4. The maximum atomic E-state index is 12.8. The molecule has 0 radical (unpaired) electrons. The van der Waals surface area contributed by atoms with Gasteiger partial charge in [-0.05, 0) is 116 Å². The minimum Gasteiger partial charge on any atom is -0.462 e. The van der Waals surface area contributed by atoms with Crippen LogP contribution in [0.1, 0.15) is 239 Å². The highest BCUT2D eigenvalue weighted by atomic mass is 16.6. The molecule has 0 saturated heterocycles. The van der Waals surface area contributed by atoms with Crippen LogP contribution in [0.2, 0.25) is 0 Å². The minimum atomic E-state index is -0.811. The Hall–Kier alpha value is -3.67. The van der Waals surface area contributed by atoms with E-state index in [0.29, 0.717) is 19.3 Å². The summed E-state index contributed by atoms with van der Waals surface area (Å²) in [6, 6.07) is 0. The second kappa shape index (κ2) is 52.9. The molecule has 0 aliphatic heterocycles. The van der Waals surface area contributed by atoms with E-state index < -0.39 is 6.10 Å². The lowest BCUT2D eigenvalue weighted by Gasteiger charge is -2.18. The van der Waals surface area contributed by atoms with Gasteiger partial charge in [0.05, 0.1) is 0 Å². The van der Waals surface area contributed by atoms with Gasteiger partial charge in [-0.1, -0.05) is 201 Å². The van der Waals surface area contributed by atoms with Gasteiger partial charge in [-0.3, -0.25) is 14.4 Å². The highest BCUT2D eigenvalue weighted by molar-refractivity contribution is 5.71. The number of ether oxygens (including phenoxy) is 3. The number of unbranched alkanes of at least 4 members (excludes halogenated alkanes) is 20. The van der Waals surface area contributed by atoms with E-state index in [0.717, 1.165) is 103 Å². The summed E-state index contributed by atoms with van der Waals surface area (Å²) in [5, 5.41) is 0. The molecule has 0 aromatic heterocycles. The van der Waals surface area contributed by atoms with Crippen LogP contribution in [-0.4, -0.2) is 37.2 Å². The highest BCUT2D eigenvalue weighted by Crippen LogP contribution is 2.13. The first-order valence-electron chi connectivity index (χ1n) is 26.7. The van der Waals surface area contributed by atoms with Crippen molar-refractivity contribution >= 4 is 17.9 Å². The van der Waals surface area contributed by atoms with Gasteiger partial charge in [0.2, 0.25) is 0 Å². The molecule has 0 N–H and O–H groups in total. The fourth-order valence-electron chi connectivity index (χ4n) is 7.03. The van der Waals surface area contributed by atoms with E-state index >= 15 is 0 Å². The summed E-state index contributed by atoms with van der Waals surface area (Å²) >= 11 is 0. The fraction of sp³-hybridized carbons (Fsp3) is 0.678. The molecule has 0 spiro atoms. The van der Waals surface area contributed by atoms with Crippen molar-refractivity contribution in [3.63, 3.8) is 0 Å². The molecule has 0 rings (SSSR count). The number of esters is 3. The van der Waals surface area contributed by atoms with Crippen LogP contribution in [0, 0.1) is 0 Å². The van der Waals surface area contributed by atoms with Gasteiger partial charge >= 0.3 is 17.9 Å². The molecule has 1 atom stereocenters. The number of carbonyl (C=O) groups is 3. The van der Waals surface area contributed by atoms with Gasteiger partial charge < -0.3 is 14.2 Å². The topological polar surface area (TPSA) is 78.9 Å². The van der Waals surface area contributed by atoms with Gasteiger partial charge in [-0.25, -0.2) is 0 Å². The Kier molecular flexibility index (Phi) is 50.0. The van der Waals surface area contributed by atoms with E-state index in [1.807, 2.05) is 0 Å². The molecule has 0 bridgehead atoms. The van der Waals surface area contributed by atoms with Gasteiger partial charge in [-0.15, -0.1) is 0 Å². The third-order valence-corrected chi connectivity index (χ3v) is 11.0. The number of hydrogen-bond acceptors (Lipinski definition) is 6. The van der Waals surface area contributed by atoms with Crippen LogP contribution in [0.5, 0.6) is 0 Å². The van der Waals surface area contributed by atoms with Crippen molar-refractivity contribution in [1.29, 1.82) is 0 Å². The zero-order chi connectivity index (χ0) is 47.2. The van der Waals surface area contributed by atoms with E-state index in [1.54, 1.807) is 0 Å². The van der Waals surface area contributed by atoms with Crippen LogP contribution < -0.4 is 0 Å². The Bertz CT molecular complexity index is 1310. The van der Waals surface area contributed by atoms with Crippen LogP contribution in [-0.2, 0) is 28.6 Å². The first-order valence-corrected chi connectivity index (χ1v) is 26.7. The SMILES string of the molecule is CC/C=C\C/C=C\C/C=C\C/C=C\C/C=C\CCCC(=O)OCC(COC(=O)CCCCC/C=C\CCCCCCCC)OC(=O)CCCCCCCCC/C=C\C/C=C\CCCCC. The minimum absolute atomic E-state index is 0.107. The molecule has 6 heteroatoms. The first-order chi connectivity index (χ1) is 32.0. The van der Waals surface area contributed by atoms with Crippen molar-refractivity contribution in [3.05, 3.63) is 97.2 Å². The summed E-state index contributed by atoms with van der Waals surface area (Å²) in [5.74, 6) is -0.992. The summed E-state index contributed by atoms with van der Waals surface area (Å²) in [4.78, 5) is 38.0. The van der Waals surface area contributed by atoms with E-state index in [9.17, 15) is 14.4 Å². The average Bonchev–Trinajstić information content (AvgIpc) is 3.30. The Morgan fingerprint density at radius 3 is 1.06 bits per heavy atom. The van der Waals surface area contributed by atoms with Crippen molar-refractivity contribution < 1.29 is 28.6 Å². The molecule has 1 unspecified atom stereocenters. The Labute approximate surface area is 400 Å². The number of allylic oxidation sites excluding steroid dienone is 16. The molecular formula is C59H98O6. The lowest BCUT2D eigenvalue weighted by molar-refractivity contribution is -0.167. The zero-order valence-electron chi connectivity index (χ0n) is 42.2. The average molecular weight is 903 g/mol. The van der Waals surface area contributed by atoms with Crippen LogP contribution in [0.4, 0.5) is 0 Å². The first kappa shape index (κ1) is 61.3. The molecule has 0 amide bonds. The van der Waals surface area contributed by atoms with Gasteiger partial charge in [0, 0.05) is 19.3 Å². The lowest BCUT2D eigenvalue weighted by atomic mass is 10.1. The summed E-state index contributed by atoms with van der Waals surface area (Å²) in [6.45, 7) is 6.42. The predicted molar refractivity (Wildman–Crippen MR) is 279 cm³/mol. The second-order valence-corrected chi connectivity index (χ2v) is 17.4. The van der Waals surface area contributed by atoms with Crippen molar-refractivity contribution in [2.24, 2.45) is 0 Å². The number of rotatable bonds is 47. The Balaban J connectivity index is 4.51. The Morgan fingerprint density at radius 1 is 0.323 bits per heavy atom. The molecule has 0 aromatic carbocycles. The van der Waals surface area contributed by atoms with E-state index in [1.165, 1.54) is 89.9 Å². The van der Waals surface area contributed by atoms with Crippen LogP contribution in [0.3, 0.4) is 0 Å². The maximum absolute atomic E-state index is 12.8. The molecule has 0 fully saturated rings. The summed E-state index contributed by atoms with van der Waals surface area (Å²) in [7, 11) is 0. The third kappa shape index (κ3) is 51.2. The smallest absolute Gasteiger partial charge is 0.306 e. The summed E-state index contributed by atoms with van der Waals surface area (Å²) in [6.07, 6.45) is 69.6. The third-order valence-electron chi connectivity index (χ3n) is 11.0. The molecular weight excluding hydrogens is 805 g/mol. The maximum Gasteiger partial charge on any atom is 0.306 e. The van der Waals surface area contributed by atoms with Crippen LogP contribution in [0.15, 0.2) is 97.2 Å². The summed E-state index contributed by atoms with van der Waals surface area (Å²) in [5.41, 5.74) is 0. The number of carbonyl (C=O) groups excluding carboxylic acids is 3. The van der Waals surface area contributed by atoms with Crippen molar-refractivity contribution in [3.8, 4) is 0 Å².